The summed E-state index contributed by atoms with van der Waals surface area (Å²) in [5, 5.41) is 56.7. The molecule has 0 aliphatic carbocycles. The van der Waals surface area contributed by atoms with Gasteiger partial charge in [-0.2, -0.15) is 0 Å². The third kappa shape index (κ3) is 3.05. The molecule has 0 aromatic rings. The largest absolute Gasteiger partial charge is 0.388 e. The van der Waals surface area contributed by atoms with E-state index in [9.17, 15) is 30.6 Å². The molecule has 9 nitrogen and oxygen atoms in total. The minimum Gasteiger partial charge on any atom is -0.388 e. The van der Waals surface area contributed by atoms with E-state index in [1.807, 2.05) is 0 Å². The molecule has 2 heterocycles. The SMILES string of the molecule is O[C@@H]1[C@@H](O)[C@@H](O[C@@H]2OC[C@@H](O)[C@H](O)[C@H]2O)OC[C@H]1O. The Balaban J connectivity index is 1.94. The summed E-state index contributed by atoms with van der Waals surface area (Å²) in [6.07, 6.45) is -11.1. The third-order valence-electron chi connectivity index (χ3n) is 3.18. The van der Waals surface area contributed by atoms with Crippen LogP contribution in [0.3, 0.4) is 0 Å². The summed E-state index contributed by atoms with van der Waals surface area (Å²) < 4.78 is 15.0. The molecule has 19 heavy (non-hydrogen) atoms. The van der Waals surface area contributed by atoms with E-state index in [0.717, 1.165) is 0 Å². The molecule has 2 rings (SSSR count). The smallest absolute Gasteiger partial charge is 0.189 e. The highest BCUT2D eigenvalue weighted by atomic mass is 16.8. The average molecular weight is 282 g/mol. The Morgan fingerprint density at radius 1 is 0.632 bits per heavy atom. The molecule has 6 N–H and O–H groups in total. The van der Waals surface area contributed by atoms with Crippen molar-refractivity contribution < 1.29 is 44.8 Å². The lowest BCUT2D eigenvalue weighted by Crippen LogP contribution is -2.59. The lowest BCUT2D eigenvalue weighted by molar-refractivity contribution is -0.350. The molecule has 0 aromatic heterocycles. The van der Waals surface area contributed by atoms with E-state index < -0.39 is 49.2 Å². The van der Waals surface area contributed by atoms with Gasteiger partial charge in [0.25, 0.3) is 0 Å². The first-order chi connectivity index (χ1) is 8.91. The van der Waals surface area contributed by atoms with Gasteiger partial charge in [-0.3, -0.25) is 0 Å². The Hall–Kier alpha value is -0.360. The number of rotatable bonds is 2. The molecule has 0 spiro atoms. The predicted molar refractivity (Wildman–Crippen MR) is 56.6 cm³/mol. The van der Waals surface area contributed by atoms with Crippen molar-refractivity contribution in [3.63, 3.8) is 0 Å². The summed E-state index contributed by atoms with van der Waals surface area (Å²) in [6.45, 7) is -0.506. The summed E-state index contributed by atoms with van der Waals surface area (Å²) in [6, 6.07) is 0. The van der Waals surface area contributed by atoms with E-state index in [4.69, 9.17) is 14.2 Å². The van der Waals surface area contributed by atoms with Crippen LogP contribution in [-0.4, -0.2) is 93.1 Å². The molecular weight excluding hydrogens is 264 g/mol. The van der Waals surface area contributed by atoms with E-state index in [1.54, 1.807) is 0 Å². The molecule has 9 heteroatoms. The fraction of sp³-hybridized carbons (Fsp3) is 1.00. The van der Waals surface area contributed by atoms with Crippen LogP contribution in [0.2, 0.25) is 0 Å². The summed E-state index contributed by atoms with van der Waals surface area (Å²) in [5.41, 5.74) is 0. The van der Waals surface area contributed by atoms with Gasteiger partial charge in [-0.1, -0.05) is 0 Å². The van der Waals surface area contributed by atoms with Gasteiger partial charge in [0.1, 0.15) is 36.6 Å². The van der Waals surface area contributed by atoms with Crippen LogP contribution < -0.4 is 0 Å². The van der Waals surface area contributed by atoms with Gasteiger partial charge in [0, 0.05) is 0 Å². The highest BCUT2D eigenvalue weighted by Gasteiger charge is 2.44. The Morgan fingerprint density at radius 3 is 1.37 bits per heavy atom. The van der Waals surface area contributed by atoms with Crippen LogP contribution in [-0.2, 0) is 14.2 Å². The monoisotopic (exact) mass is 282 g/mol. The van der Waals surface area contributed by atoms with Gasteiger partial charge < -0.3 is 44.8 Å². The van der Waals surface area contributed by atoms with Crippen LogP contribution in [0.1, 0.15) is 0 Å². The van der Waals surface area contributed by atoms with Gasteiger partial charge >= 0.3 is 0 Å². The highest BCUT2D eigenvalue weighted by molar-refractivity contribution is 4.86. The first-order valence-electron chi connectivity index (χ1n) is 5.89. The van der Waals surface area contributed by atoms with Gasteiger partial charge in [0.15, 0.2) is 12.6 Å². The summed E-state index contributed by atoms with van der Waals surface area (Å²) >= 11 is 0. The Bertz CT molecular complexity index is 273. The molecule has 0 aromatic carbocycles. The number of aliphatic hydroxyl groups excluding tert-OH is 6. The molecule has 2 aliphatic heterocycles. The van der Waals surface area contributed by atoms with Crippen molar-refractivity contribution in [1.82, 2.24) is 0 Å². The van der Waals surface area contributed by atoms with Gasteiger partial charge in [-0.25, -0.2) is 0 Å². The van der Waals surface area contributed by atoms with Gasteiger partial charge in [-0.05, 0) is 0 Å². The first kappa shape index (κ1) is 15.0. The maximum atomic E-state index is 9.63. The van der Waals surface area contributed by atoms with Crippen molar-refractivity contribution in [2.24, 2.45) is 0 Å². The third-order valence-corrected chi connectivity index (χ3v) is 3.18. The Kier molecular flexibility index (Phi) is 4.71. The summed E-state index contributed by atoms with van der Waals surface area (Å²) in [7, 11) is 0. The minimum atomic E-state index is -1.52. The van der Waals surface area contributed by atoms with Gasteiger partial charge in [0.2, 0.25) is 0 Å². The van der Waals surface area contributed by atoms with Gasteiger partial charge in [-0.15, -0.1) is 0 Å². The predicted octanol–water partition coefficient (Wildman–Crippen LogP) is -4.12. The summed E-state index contributed by atoms with van der Waals surface area (Å²) in [4.78, 5) is 0. The van der Waals surface area contributed by atoms with Crippen LogP contribution >= 0.6 is 0 Å². The first-order valence-corrected chi connectivity index (χ1v) is 5.89. The van der Waals surface area contributed by atoms with E-state index in [1.165, 1.54) is 0 Å². The highest BCUT2D eigenvalue weighted by Crippen LogP contribution is 2.23. The van der Waals surface area contributed by atoms with Crippen LogP contribution in [0, 0.1) is 0 Å². The molecular formula is C10H18O9. The van der Waals surface area contributed by atoms with Crippen molar-refractivity contribution in [3.05, 3.63) is 0 Å². The van der Waals surface area contributed by atoms with Crippen molar-refractivity contribution in [2.45, 2.75) is 49.2 Å². The zero-order chi connectivity index (χ0) is 14.2. The molecule has 2 saturated heterocycles. The Labute approximate surface area is 108 Å². The molecule has 112 valence electrons. The number of hydrogen-bond donors (Lipinski definition) is 6. The number of hydrogen-bond acceptors (Lipinski definition) is 9. The number of ether oxygens (including phenoxy) is 3. The topological polar surface area (TPSA) is 149 Å². The molecule has 2 fully saturated rings. The second kappa shape index (κ2) is 5.95. The zero-order valence-corrected chi connectivity index (χ0v) is 9.94. The second-order valence-corrected chi connectivity index (χ2v) is 4.64. The molecule has 0 saturated carbocycles. The average Bonchev–Trinajstić information content (AvgIpc) is 2.39. The zero-order valence-electron chi connectivity index (χ0n) is 9.94. The van der Waals surface area contributed by atoms with E-state index in [-0.39, 0.29) is 13.2 Å². The maximum Gasteiger partial charge on any atom is 0.189 e. The van der Waals surface area contributed by atoms with Crippen LogP contribution in [0.4, 0.5) is 0 Å². The second-order valence-electron chi connectivity index (χ2n) is 4.64. The van der Waals surface area contributed by atoms with Crippen LogP contribution in [0.5, 0.6) is 0 Å². The molecule has 0 bridgehead atoms. The van der Waals surface area contributed by atoms with E-state index in [0.29, 0.717) is 0 Å². The molecule has 0 amide bonds. The molecule has 0 unspecified atom stereocenters. The lowest BCUT2D eigenvalue weighted by atomic mass is 10.0. The molecule has 8 atom stereocenters. The fourth-order valence-corrected chi connectivity index (χ4v) is 1.93. The van der Waals surface area contributed by atoms with Gasteiger partial charge in [0.05, 0.1) is 13.2 Å². The van der Waals surface area contributed by atoms with E-state index >= 15 is 0 Å². The standard InChI is InChI=1S/C10H18O9/c11-3-1-17-9(7(15)5(3)13)19-10-8(16)6(14)4(12)2-18-10/h3-16H,1-2H2/t3-,4-,5+,6+,7-,8-,9-,10+/m1/s1. The lowest BCUT2D eigenvalue weighted by Gasteiger charge is -2.40. The van der Waals surface area contributed by atoms with Crippen LogP contribution in [0.15, 0.2) is 0 Å². The summed E-state index contributed by atoms with van der Waals surface area (Å²) in [5.74, 6) is 0. The van der Waals surface area contributed by atoms with Crippen LogP contribution in [0.25, 0.3) is 0 Å². The normalized spacial score (nSPS) is 52.1. The van der Waals surface area contributed by atoms with Crippen molar-refractivity contribution >= 4 is 0 Å². The molecule has 0 radical (unpaired) electrons. The van der Waals surface area contributed by atoms with E-state index in [2.05, 4.69) is 0 Å². The molecule has 2 aliphatic rings. The van der Waals surface area contributed by atoms with Crippen molar-refractivity contribution in [2.75, 3.05) is 13.2 Å². The van der Waals surface area contributed by atoms with Crippen molar-refractivity contribution in [3.8, 4) is 0 Å². The quantitative estimate of drug-likeness (QED) is 0.297. The Morgan fingerprint density at radius 2 is 1.00 bits per heavy atom. The fourth-order valence-electron chi connectivity index (χ4n) is 1.93. The number of aliphatic hydroxyl groups is 6. The van der Waals surface area contributed by atoms with Crippen molar-refractivity contribution in [1.29, 1.82) is 0 Å². The minimum absolute atomic E-state index is 0.253. The maximum absolute atomic E-state index is 9.63.